The molecule has 1 saturated heterocycles. The molecule has 3 amide bonds. The lowest BCUT2D eigenvalue weighted by Gasteiger charge is -2.32. The number of carbonyl (C=O) groups is 2. The molecule has 0 bridgehead atoms. The normalized spacial score (nSPS) is 20.6. The maximum atomic E-state index is 11.9. The SMILES string of the molecule is CC(C)(C)CNC(=O)NC1CC(=O)N(C(C)(C)C)C1. The van der Waals surface area contributed by atoms with Crippen molar-refractivity contribution in [2.75, 3.05) is 13.1 Å². The lowest BCUT2D eigenvalue weighted by atomic mass is 9.97. The van der Waals surface area contributed by atoms with Crippen LogP contribution in [0.3, 0.4) is 0 Å². The first-order valence-electron chi connectivity index (χ1n) is 6.84. The Kier molecular flexibility index (Phi) is 4.48. The van der Waals surface area contributed by atoms with E-state index in [1.165, 1.54) is 0 Å². The highest BCUT2D eigenvalue weighted by molar-refractivity contribution is 5.82. The molecule has 0 aromatic heterocycles. The van der Waals surface area contributed by atoms with Gasteiger partial charge in [-0.05, 0) is 26.2 Å². The summed E-state index contributed by atoms with van der Waals surface area (Å²) in [7, 11) is 0. The highest BCUT2D eigenvalue weighted by Gasteiger charge is 2.36. The smallest absolute Gasteiger partial charge is 0.315 e. The van der Waals surface area contributed by atoms with Crippen molar-refractivity contribution in [1.29, 1.82) is 0 Å². The van der Waals surface area contributed by atoms with E-state index in [0.717, 1.165) is 0 Å². The Morgan fingerprint density at radius 1 is 1.26 bits per heavy atom. The monoisotopic (exact) mass is 269 g/mol. The minimum atomic E-state index is -0.191. The van der Waals surface area contributed by atoms with Crippen LogP contribution < -0.4 is 10.6 Å². The maximum Gasteiger partial charge on any atom is 0.315 e. The van der Waals surface area contributed by atoms with Gasteiger partial charge in [-0.25, -0.2) is 4.79 Å². The summed E-state index contributed by atoms with van der Waals surface area (Å²) < 4.78 is 0. The maximum absolute atomic E-state index is 11.9. The van der Waals surface area contributed by atoms with Crippen molar-refractivity contribution >= 4 is 11.9 Å². The Hall–Kier alpha value is -1.26. The minimum Gasteiger partial charge on any atom is -0.338 e. The van der Waals surface area contributed by atoms with Crippen LogP contribution in [0.2, 0.25) is 0 Å². The van der Waals surface area contributed by atoms with Crippen LogP contribution in [0.25, 0.3) is 0 Å². The number of nitrogens with one attached hydrogen (secondary N) is 2. The second-order valence-electron chi connectivity index (χ2n) is 7.46. The van der Waals surface area contributed by atoms with Crippen molar-refractivity contribution in [3.63, 3.8) is 0 Å². The summed E-state index contributed by atoms with van der Waals surface area (Å²) >= 11 is 0. The van der Waals surface area contributed by atoms with Crippen molar-refractivity contribution < 1.29 is 9.59 Å². The van der Waals surface area contributed by atoms with E-state index in [1.807, 2.05) is 25.7 Å². The summed E-state index contributed by atoms with van der Waals surface area (Å²) in [5.74, 6) is 0.105. The van der Waals surface area contributed by atoms with E-state index in [-0.39, 0.29) is 28.9 Å². The van der Waals surface area contributed by atoms with E-state index in [1.54, 1.807) is 0 Å². The number of amides is 3. The molecular weight excluding hydrogens is 242 g/mol. The molecule has 5 heteroatoms. The number of rotatable bonds is 2. The van der Waals surface area contributed by atoms with Gasteiger partial charge in [-0.15, -0.1) is 0 Å². The fraction of sp³-hybridized carbons (Fsp3) is 0.857. The van der Waals surface area contributed by atoms with Crippen molar-refractivity contribution in [3.05, 3.63) is 0 Å². The predicted octanol–water partition coefficient (Wildman–Crippen LogP) is 1.73. The number of urea groups is 1. The molecule has 1 aliphatic rings. The molecule has 0 saturated carbocycles. The summed E-state index contributed by atoms with van der Waals surface area (Å²) in [5.41, 5.74) is -0.129. The molecule has 1 heterocycles. The summed E-state index contributed by atoms with van der Waals surface area (Å²) in [6, 6.07) is -0.282. The van der Waals surface area contributed by atoms with Crippen LogP contribution in [-0.2, 0) is 4.79 Å². The molecule has 0 radical (unpaired) electrons. The Bertz CT molecular complexity index is 353. The summed E-state index contributed by atoms with van der Waals surface area (Å²) in [4.78, 5) is 25.5. The van der Waals surface area contributed by atoms with Gasteiger partial charge >= 0.3 is 6.03 Å². The second-order valence-corrected chi connectivity index (χ2v) is 7.46. The van der Waals surface area contributed by atoms with Gasteiger partial charge in [-0.1, -0.05) is 20.8 Å². The Morgan fingerprint density at radius 2 is 1.84 bits per heavy atom. The quantitative estimate of drug-likeness (QED) is 0.802. The first kappa shape index (κ1) is 15.8. The summed E-state index contributed by atoms with van der Waals surface area (Å²) in [6.45, 7) is 13.4. The van der Waals surface area contributed by atoms with Crippen molar-refractivity contribution in [2.24, 2.45) is 5.41 Å². The summed E-state index contributed by atoms with van der Waals surface area (Å²) in [6.07, 6.45) is 0.389. The highest BCUT2D eigenvalue weighted by atomic mass is 16.2. The van der Waals surface area contributed by atoms with Gasteiger partial charge in [0.1, 0.15) is 0 Å². The van der Waals surface area contributed by atoms with Gasteiger partial charge in [0.25, 0.3) is 0 Å². The van der Waals surface area contributed by atoms with Gasteiger partial charge < -0.3 is 15.5 Å². The third-order valence-electron chi connectivity index (χ3n) is 3.05. The first-order valence-corrected chi connectivity index (χ1v) is 6.84. The number of hydrogen-bond acceptors (Lipinski definition) is 2. The molecule has 1 rings (SSSR count). The van der Waals surface area contributed by atoms with Gasteiger partial charge in [-0.2, -0.15) is 0 Å². The van der Waals surface area contributed by atoms with Crippen LogP contribution in [0.1, 0.15) is 48.0 Å². The molecule has 0 aliphatic carbocycles. The van der Waals surface area contributed by atoms with Crippen molar-refractivity contribution in [3.8, 4) is 0 Å². The molecule has 110 valence electrons. The van der Waals surface area contributed by atoms with Gasteiger partial charge in [0.2, 0.25) is 5.91 Å². The number of carbonyl (C=O) groups excluding carboxylic acids is 2. The van der Waals surface area contributed by atoms with E-state index in [4.69, 9.17) is 0 Å². The standard InChI is InChI=1S/C14H27N3O2/c1-13(2,3)9-15-12(19)16-10-7-11(18)17(8-10)14(4,5)6/h10H,7-9H2,1-6H3,(H2,15,16,19). The lowest BCUT2D eigenvalue weighted by Crippen LogP contribution is -2.47. The molecule has 1 aliphatic heterocycles. The minimum absolute atomic E-state index is 0.0558. The molecule has 0 spiro atoms. The van der Waals surface area contributed by atoms with Crippen LogP contribution in [-0.4, -0.2) is 41.5 Å². The van der Waals surface area contributed by atoms with Gasteiger partial charge in [0.05, 0.1) is 6.04 Å². The summed E-state index contributed by atoms with van der Waals surface area (Å²) in [5, 5.41) is 5.71. The third kappa shape index (κ3) is 5.09. The van der Waals surface area contributed by atoms with E-state index in [2.05, 4.69) is 31.4 Å². The number of nitrogens with zero attached hydrogens (tertiary/aromatic N) is 1. The van der Waals surface area contributed by atoms with Gasteiger partial charge in [0.15, 0.2) is 0 Å². The van der Waals surface area contributed by atoms with Gasteiger partial charge in [-0.3, -0.25) is 4.79 Å². The molecule has 2 N–H and O–H groups in total. The highest BCUT2D eigenvalue weighted by Crippen LogP contribution is 2.21. The molecule has 19 heavy (non-hydrogen) atoms. The first-order chi connectivity index (χ1) is 8.49. The molecule has 0 aromatic carbocycles. The molecule has 5 nitrogen and oxygen atoms in total. The molecular formula is C14H27N3O2. The predicted molar refractivity (Wildman–Crippen MR) is 75.9 cm³/mol. The molecule has 1 atom stereocenters. The van der Waals surface area contributed by atoms with Crippen LogP contribution in [0, 0.1) is 5.41 Å². The fourth-order valence-corrected chi connectivity index (χ4v) is 2.03. The van der Waals surface area contributed by atoms with Crippen LogP contribution in [0.4, 0.5) is 4.79 Å². The number of hydrogen-bond donors (Lipinski definition) is 2. The van der Waals surface area contributed by atoms with Crippen molar-refractivity contribution in [1.82, 2.24) is 15.5 Å². The zero-order valence-electron chi connectivity index (χ0n) is 13.0. The van der Waals surface area contributed by atoms with Crippen LogP contribution >= 0.6 is 0 Å². The van der Waals surface area contributed by atoms with E-state index < -0.39 is 0 Å². The molecule has 0 aromatic rings. The van der Waals surface area contributed by atoms with Gasteiger partial charge in [0, 0.05) is 25.0 Å². The molecule has 1 fully saturated rings. The Labute approximate surface area is 116 Å². The zero-order valence-corrected chi connectivity index (χ0v) is 13.0. The lowest BCUT2D eigenvalue weighted by molar-refractivity contribution is -0.131. The Morgan fingerprint density at radius 3 is 2.26 bits per heavy atom. The van der Waals surface area contributed by atoms with E-state index in [9.17, 15) is 9.59 Å². The van der Waals surface area contributed by atoms with E-state index in [0.29, 0.717) is 19.5 Å². The zero-order chi connectivity index (χ0) is 14.8. The van der Waals surface area contributed by atoms with Crippen LogP contribution in [0.5, 0.6) is 0 Å². The van der Waals surface area contributed by atoms with Crippen molar-refractivity contribution in [2.45, 2.75) is 59.5 Å². The topological polar surface area (TPSA) is 61.4 Å². The second kappa shape index (κ2) is 5.39. The van der Waals surface area contributed by atoms with Crippen LogP contribution in [0.15, 0.2) is 0 Å². The average molecular weight is 269 g/mol. The average Bonchev–Trinajstić information content (AvgIpc) is 2.55. The van der Waals surface area contributed by atoms with E-state index >= 15 is 0 Å². The fourth-order valence-electron chi connectivity index (χ4n) is 2.03. The number of likely N-dealkylation sites (tertiary alicyclic amines) is 1. The molecule has 1 unspecified atom stereocenters. The largest absolute Gasteiger partial charge is 0.338 e. The Balaban J connectivity index is 2.44. The third-order valence-corrected chi connectivity index (χ3v) is 3.05.